The van der Waals surface area contributed by atoms with Gasteiger partial charge in [-0.05, 0) is 48.4 Å². The Kier molecular flexibility index (Phi) is 5.26. The number of nitrogens with zero attached hydrogens (tertiary/aromatic N) is 5. The topological polar surface area (TPSA) is 108 Å². The Morgan fingerprint density at radius 2 is 1.89 bits per heavy atom. The fraction of sp³-hybridized carbons (Fsp3) is 0.107. The fourth-order valence-corrected chi connectivity index (χ4v) is 4.13. The molecule has 0 saturated carbocycles. The zero-order chi connectivity index (χ0) is 24.6. The van der Waals surface area contributed by atoms with Crippen LogP contribution >= 0.6 is 0 Å². The van der Waals surface area contributed by atoms with Crippen LogP contribution in [0.3, 0.4) is 0 Å². The molecule has 6 aromatic heterocycles. The number of hydrogen-bond acceptors (Lipinski definition) is 6. The van der Waals surface area contributed by atoms with Crippen LogP contribution in [0.4, 0.5) is 5.69 Å². The lowest BCUT2D eigenvalue weighted by Gasteiger charge is -2.13. The Morgan fingerprint density at radius 1 is 0.972 bits per heavy atom. The van der Waals surface area contributed by atoms with Gasteiger partial charge >= 0.3 is 0 Å². The normalized spacial score (nSPS) is 11.4. The molecule has 0 aliphatic carbocycles. The van der Waals surface area contributed by atoms with E-state index in [1.807, 2.05) is 48.7 Å². The van der Waals surface area contributed by atoms with Crippen molar-refractivity contribution in [3.05, 3.63) is 85.6 Å². The zero-order valence-electron chi connectivity index (χ0n) is 19.9. The molecule has 0 aliphatic heterocycles. The lowest BCUT2D eigenvalue weighted by molar-refractivity contribution is 0.778. The minimum absolute atomic E-state index is 0.320. The molecule has 0 atom stereocenters. The van der Waals surface area contributed by atoms with Crippen LogP contribution in [0.2, 0.25) is 0 Å². The van der Waals surface area contributed by atoms with Crippen molar-refractivity contribution in [1.82, 2.24) is 35.1 Å². The lowest BCUT2D eigenvalue weighted by Crippen LogP contribution is -2.04. The fourth-order valence-electron chi connectivity index (χ4n) is 4.13. The van der Waals surface area contributed by atoms with Gasteiger partial charge in [-0.25, -0.2) is 9.97 Å². The van der Waals surface area contributed by atoms with Crippen LogP contribution < -0.4 is 5.32 Å². The van der Waals surface area contributed by atoms with Gasteiger partial charge in [-0.15, -0.1) is 0 Å². The number of hydrogen-bond donors (Lipinski definition) is 3. The highest BCUT2D eigenvalue weighted by Crippen LogP contribution is 2.33. The Bertz CT molecular complexity index is 1710. The van der Waals surface area contributed by atoms with Gasteiger partial charge in [0.1, 0.15) is 16.9 Å². The van der Waals surface area contributed by atoms with E-state index in [2.05, 4.69) is 61.9 Å². The SMILES string of the molecule is C=C(Nc1cncc(-c2ccc3[nH]nc(-c4cc5c(-c6ccccn6)ccnc5[nH]4)c3n2)c1)C(C)C. The highest BCUT2D eigenvalue weighted by atomic mass is 15.1. The summed E-state index contributed by atoms with van der Waals surface area (Å²) in [5.74, 6) is 0.320. The van der Waals surface area contributed by atoms with E-state index in [0.717, 1.165) is 67.4 Å². The quantitative estimate of drug-likeness (QED) is 0.266. The van der Waals surface area contributed by atoms with Crippen LogP contribution in [0.15, 0.2) is 85.6 Å². The first-order valence-corrected chi connectivity index (χ1v) is 11.7. The van der Waals surface area contributed by atoms with Gasteiger partial charge in [-0.1, -0.05) is 26.5 Å². The molecule has 0 bridgehead atoms. The van der Waals surface area contributed by atoms with Crippen molar-refractivity contribution >= 4 is 27.8 Å². The molecule has 0 amide bonds. The summed E-state index contributed by atoms with van der Waals surface area (Å²) < 4.78 is 0. The summed E-state index contributed by atoms with van der Waals surface area (Å²) in [5.41, 5.74) is 9.38. The minimum Gasteiger partial charge on any atom is -0.358 e. The number of pyridine rings is 4. The van der Waals surface area contributed by atoms with Crippen molar-refractivity contribution in [2.75, 3.05) is 5.32 Å². The predicted molar refractivity (Wildman–Crippen MR) is 143 cm³/mol. The van der Waals surface area contributed by atoms with Gasteiger partial charge in [0.15, 0.2) is 0 Å². The van der Waals surface area contributed by atoms with Crippen LogP contribution in [0.5, 0.6) is 0 Å². The van der Waals surface area contributed by atoms with E-state index in [0.29, 0.717) is 5.92 Å². The Balaban J connectivity index is 1.41. The summed E-state index contributed by atoms with van der Waals surface area (Å²) in [7, 11) is 0. The first kappa shape index (κ1) is 21.7. The maximum absolute atomic E-state index is 4.95. The van der Waals surface area contributed by atoms with E-state index in [4.69, 9.17) is 4.98 Å². The van der Waals surface area contributed by atoms with Crippen LogP contribution in [0.1, 0.15) is 13.8 Å². The summed E-state index contributed by atoms with van der Waals surface area (Å²) in [4.78, 5) is 21.8. The van der Waals surface area contributed by atoms with Crippen molar-refractivity contribution < 1.29 is 0 Å². The predicted octanol–water partition coefficient (Wildman–Crippen LogP) is 6.21. The van der Waals surface area contributed by atoms with Gasteiger partial charge < -0.3 is 10.3 Å². The Hall–Kier alpha value is -4.85. The number of rotatable bonds is 6. The van der Waals surface area contributed by atoms with Crippen LogP contribution in [0, 0.1) is 5.92 Å². The Labute approximate surface area is 207 Å². The van der Waals surface area contributed by atoms with Crippen molar-refractivity contribution in [2.45, 2.75) is 13.8 Å². The van der Waals surface area contributed by atoms with Gasteiger partial charge in [0.2, 0.25) is 0 Å². The van der Waals surface area contributed by atoms with Crippen molar-refractivity contribution in [3.63, 3.8) is 0 Å². The second kappa shape index (κ2) is 8.74. The van der Waals surface area contributed by atoms with E-state index >= 15 is 0 Å². The number of aromatic nitrogens is 7. The molecule has 8 heteroatoms. The van der Waals surface area contributed by atoms with Gasteiger partial charge in [0.05, 0.1) is 34.5 Å². The maximum Gasteiger partial charge on any atom is 0.138 e. The third-order valence-corrected chi connectivity index (χ3v) is 6.17. The van der Waals surface area contributed by atoms with Gasteiger partial charge in [0.25, 0.3) is 0 Å². The van der Waals surface area contributed by atoms with E-state index in [1.54, 1.807) is 18.6 Å². The van der Waals surface area contributed by atoms with Gasteiger partial charge in [-0.3, -0.25) is 15.1 Å². The largest absolute Gasteiger partial charge is 0.358 e. The summed E-state index contributed by atoms with van der Waals surface area (Å²) in [5, 5.41) is 12.0. The van der Waals surface area contributed by atoms with Crippen LogP contribution in [0.25, 0.3) is 56.0 Å². The molecule has 3 N–H and O–H groups in total. The molecular weight excluding hydrogens is 448 g/mol. The molecule has 0 aliphatic rings. The molecule has 8 nitrogen and oxygen atoms in total. The molecule has 176 valence electrons. The Morgan fingerprint density at radius 3 is 2.72 bits per heavy atom. The highest BCUT2D eigenvalue weighted by molar-refractivity contribution is 5.98. The minimum atomic E-state index is 0.320. The van der Waals surface area contributed by atoms with Crippen LogP contribution in [-0.4, -0.2) is 35.1 Å². The van der Waals surface area contributed by atoms with Crippen molar-refractivity contribution in [3.8, 4) is 33.9 Å². The number of nitrogens with one attached hydrogen (secondary N) is 3. The second-order valence-electron chi connectivity index (χ2n) is 8.95. The molecule has 0 spiro atoms. The lowest BCUT2D eigenvalue weighted by atomic mass is 10.1. The molecule has 0 radical (unpaired) electrons. The van der Waals surface area contributed by atoms with E-state index in [9.17, 15) is 0 Å². The monoisotopic (exact) mass is 472 g/mol. The first-order valence-electron chi connectivity index (χ1n) is 11.7. The molecule has 0 saturated heterocycles. The standard InChI is InChI=1S/C28H24N8/c1-16(2)17(3)32-19-12-18(14-29-15-19)22-7-8-24-26(33-22)27(36-35-24)25-13-21-20(9-11-31-28(21)34-25)23-6-4-5-10-30-23/h4-16,32H,3H2,1-2H3,(H,31,34)(H,35,36). The van der Waals surface area contributed by atoms with Crippen molar-refractivity contribution in [2.24, 2.45) is 5.92 Å². The maximum atomic E-state index is 4.95. The number of allylic oxidation sites excluding steroid dienone is 1. The van der Waals surface area contributed by atoms with Crippen LogP contribution in [-0.2, 0) is 0 Å². The summed E-state index contributed by atoms with van der Waals surface area (Å²) in [6.45, 7) is 8.29. The average Bonchev–Trinajstić information content (AvgIpc) is 3.53. The number of H-pyrrole nitrogens is 2. The second-order valence-corrected chi connectivity index (χ2v) is 8.95. The average molecular weight is 473 g/mol. The first-order chi connectivity index (χ1) is 17.6. The summed E-state index contributed by atoms with van der Waals surface area (Å²) >= 11 is 0. The molecule has 0 fully saturated rings. The third-order valence-electron chi connectivity index (χ3n) is 6.17. The molecule has 36 heavy (non-hydrogen) atoms. The molecule has 0 unspecified atom stereocenters. The summed E-state index contributed by atoms with van der Waals surface area (Å²) in [6.07, 6.45) is 7.17. The van der Waals surface area contributed by atoms with Gasteiger partial charge in [0, 0.05) is 40.8 Å². The van der Waals surface area contributed by atoms with E-state index < -0.39 is 0 Å². The molecular formula is C28H24N8. The number of fused-ring (bicyclic) bond motifs is 2. The molecule has 6 aromatic rings. The zero-order valence-corrected chi connectivity index (χ0v) is 19.9. The smallest absolute Gasteiger partial charge is 0.138 e. The molecule has 0 aromatic carbocycles. The summed E-state index contributed by atoms with van der Waals surface area (Å²) in [6, 6.07) is 15.9. The van der Waals surface area contributed by atoms with Crippen molar-refractivity contribution in [1.29, 1.82) is 0 Å². The highest BCUT2D eigenvalue weighted by Gasteiger charge is 2.16. The van der Waals surface area contributed by atoms with E-state index in [1.165, 1.54) is 0 Å². The number of aromatic amines is 2. The molecule has 6 rings (SSSR count). The molecule has 6 heterocycles. The van der Waals surface area contributed by atoms with Gasteiger partial charge in [-0.2, -0.15) is 5.10 Å². The third kappa shape index (κ3) is 3.88. The van der Waals surface area contributed by atoms with E-state index in [-0.39, 0.29) is 0 Å². The number of anilines is 1.